The second kappa shape index (κ2) is 2.94. The Morgan fingerprint density at radius 3 is 3.00 bits per heavy atom. The van der Waals surface area contributed by atoms with Gasteiger partial charge in [-0.2, -0.15) is 0 Å². The maximum atomic E-state index is 5.94. The standard InChI is InChI=1S/C11H8ClN3/c12-8-1-2-9-6(4-8)3-7-5-14-11(13)15-10(7)9/h1-2,4-5H,3H2,(H2,13,14,15). The topological polar surface area (TPSA) is 51.8 Å². The summed E-state index contributed by atoms with van der Waals surface area (Å²) >= 11 is 5.94. The lowest BCUT2D eigenvalue weighted by Gasteiger charge is -2.00. The molecule has 0 aliphatic heterocycles. The predicted octanol–water partition coefficient (Wildman–Crippen LogP) is 2.28. The highest BCUT2D eigenvalue weighted by Crippen LogP contribution is 2.36. The third-order valence-electron chi connectivity index (χ3n) is 2.59. The number of halogens is 1. The Morgan fingerprint density at radius 2 is 2.13 bits per heavy atom. The van der Waals surface area contributed by atoms with Gasteiger partial charge in [0.05, 0.1) is 5.69 Å². The van der Waals surface area contributed by atoms with Crippen molar-refractivity contribution < 1.29 is 0 Å². The number of hydrogen-bond acceptors (Lipinski definition) is 3. The molecule has 0 unspecified atom stereocenters. The number of hydrogen-bond donors (Lipinski definition) is 1. The molecule has 1 aliphatic rings. The van der Waals surface area contributed by atoms with Gasteiger partial charge in [0.25, 0.3) is 0 Å². The Morgan fingerprint density at radius 1 is 1.27 bits per heavy atom. The third kappa shape index (κ3) is 1.27. The minimum atomic E-state index is 0.316. The van der Waals surface area contributed by atoms with Crippen molar-refractivity contribution in [3.8, 4) is 11.3 Å². The van der Waals surface area contributed by atoms with Gasteiger partial charge in [0, 0.05) is 28.8 Å². The first-order valence-corrected chi connectivity index (χ1v) is 5.02. The van der Waals surface area contributed by atoms with Crippen LogP contribution in [0.5, 0.6) is 0 Å². The number of nitrogens with two attached hydrogens (primary N) is 1. The van der Waals surface area contributed by atoms with Crippen molar-refractivity contribution in [2.75, 3.05) is 5.73 Å². The van der Waals surface area contributed by atoms with Crippen LogP contribution in [0.15, 0.2) is 24.4 Å². The molecule has 3 nitrogen and oxygen atoms in total. The van der Waals surface area contributed by atoms with Crippen LogP contribution in [0.4, 0.5) is 5.95 Å². The maximum Gasteiger partial charge on any atom is 0.220 e. The van der Waals surface area contributed by atoms with Crippen molar-refractivity contribution in [2.45, 2.75) is 6.42 Å². The van der Waals surface area contributed by atoms with Crippen LogP contribution in [0.3, 0.4) is 0 Å². The zero-order chi connectivity index (χ0) is 10.4. The van der Waals surface area contributed by atoms with Crippen molar-refractivity contribution >= 4 is 17.5 Å². The van der Waals surface area contributed by atoms with Gasteiger partial charge in [-0.3, -0.25) is 0 Å². The average molecular weight is 218 g/mol. The van der Waals surface area contributed by atoms with Crippen LogP contribution in [0.25, 0.3) is 11.3 Å². The van der Waals surface area contributed by atoms with Gasteiger partial charge >= 0.3 is 0 Å². The Hall–Kier alpha value is -1.61. The molecule has 0 atom stereocenters. The SMILES string of the molecule is Nc1ncc2c(n1)-c1ccc(Cl)cc1C2. The van der Waals surface area contributed by atoms with Gasteiger partial charge in [0.15, 0.2) is 0 Å². The quantitative estimate of drug-likeness (QED) is 0.629. The van der Waals surface area contributed by atoms with E-state index >= 15 is 0 Å². The minimum Gasteiger partial charge on any atom is -0.368 e. The monoisotopic (exact) mass is 217 g/mol. The number of nitrogens with zero attached hydrogens (tertiary/aromatic N) is 2. The van der Waals surface area contributed by atoms with E-state index < -0.39 is 0 Å². The number of aromatic nitrogens is 2. The normalized spacial score (nSPS) is 12.3. The largest absolute Gasteiger partial charge is 0.368 e. The molecule has 15 heavy (non-hydrogen) atoms. The molecule has 0 fully saturated rings. The molecule has 1 aromatic heterocycles. The smallest absolute Gasteiger partial charge is 0.220 e. The molecule has 0 radical (unpaired) electrons. The number of fused-ring (bicyclic) bond motifs is 3. The van der Waals surface area contributed by atoms with Gasteiger partial charge in [-0.05, 0) is 17.7 Å². The van der Waals surface area contributed by atoms with E-state index in [9.17, 15) is 0 Å². The van der Waals surface area contributed by atoms with E-state index in [1.54, 1.807) is 6.20 Å². The van der Waals surface area contributed by atoms with Crippen molar-refractivity contribution in [3.05, 3.63) is 40.5 Å². The van der Waals surface area contributed by atoms with Gasteiger partial charge < -0.3 is 5.73 Å². The maximum absolute atomic E-state index is 5.94. The number of nitrogen functional groups attached to an aromatic ring is 1. The van der Waals surface area contributed by atoms with Gasteiger partial charge in [0.2, 0.25) is 5.95 Å². The van der Waals surface area contributed by atoms with E-state index in [1.165, 1.54) is 5.56 Å². The Balaban J connectivity index is 2.26. The van der Waals surface area contributed by atoms with Crippen LogP contribution in [-0.2, 0) is 6.42 Å². The average Bonchev–Trinajstić information content (AvgIpc) is 2.54. The van der Waals surface area contributed by atoms with Crippen LogP contribution in [0.2, 0.25) is 5.02 Å². The zero-order valence-electron chi connectivity index (χ0n) is 7.87. The van der Waals surface area contributed by atoms with E-state index in [1.807, 2.05) is 18.2 Å². The fourth-order valence-corrected chi connectivity index (χ4v) is 2.12. The summed E-state index contributed by atoms with van der Waals surface area (Å²) < 4.78 is 0. The molecular weight excluding hydrogens is 210 g/mol. The molecule has 1 aromatic carbocycles. The van der Waals surface area contributed by atoms with Crippen LogP contribution < -0.4 is 5.73 Å². The zero-order valence-corrected chi connectivity index (χ0v) is 8.62. The summed E-state index contributed by atoms with van der Waals surface area (Å²) in [5.74, 6) is 0.316. The molecule has 1 heterocycles. The van der Waals surface area contributed by atoms with E-state index in [0.717, 1.165) is 28.3 Å². The molecule has 0 bridgehead atoms. The predicted molar refractivity (Wildman–Crippen MR) is 59.7 cm³/mol. The van der Waals surface area contributed by atoms with E-state index in [2.05, 4.69) is 9.97 Å². The van der Waals surface area contributed by atoms with E-state index in [4.69, 9.17) is 17.3 Å². The number of benzene rings is 1. The second-order valence-electron chi connectivity index (χ2n) is 3.58. The molecule has 2 N–H and O–H groups in total. The van der Waals surface area contributed by atoms with Crippen molar-refractivity contribution in [1.82, 2.24) is 9.97 Å². The first kappa shape index (κ1) is 8.68. The number of rotatable bonds is 0. The highest BCUT2D eigenvalue weighted by Gasteiger charge is 2.20. The van der Waals surface area contributed by atoms with Crippen LogP contribution in [0.1, 0.15) is 11.1 Å². The van der Waals surface area contributed by atoms with Gasteiger partial charge in [0.1, 0.15) is 0 Å². The summed E-state index contributed by atoms with van der Waals surface area (Å²) in [6.07, 6.45) is 2.62. The Bertz CT molecular complexity index is 552. The molecule has 0 saturated carbocycles. The molecule has 1 aliphatic carbocycles. The van der Waals surface area contributed by atoms with Crippen molar-refractivity contribution in [2.24, 2.45) is 0 Å². The molecule has 0 spiro atoms. The molecule has 0 amide bonds. The Labute approximate surface area is 91.9 Å². The van der Waals surface area contributed by atoms with Crippen molar-refractivity contribution in [1.29, 1.82) is 0 Å². The van der Waals surface area contributed by atoms with Crippen molar-refractivity contribution in [3.63, 3.8) is 0 Å². The Kier molecular flexibility index (Phi) is 1.70. The number of anilines is 1. The lowest BCUT2D eigenvalue weighted by Crippen LogP contribution is -1.96. The fourth-order valence-electron chi connectivity index (χ4n) is 1.93. The lowest BCUT2D eigenvalue weighted by molar-refractivity contribution is 1.14. The fraction of sp³-hybridized carbons (Fsp3) is 0.0909. The van der Waals surface area contributed by atoms with Gasteiger partial charge in [-0.25, -0.2) is 9.97 Å². The summed E-state index contributed by atoms with van der Waals surface area (Å²) in [4.78, 5) is 8.24. The second-order valence-corrected chi connectivity index (χ2v) is 4.02. The third-order valence-corrected chi connectivity index (χ3v) is 2.82. The van der Waals surface area contributed by atoms with E-state index in [-0.39, 0.29) is 0 Å². The summed E-state index contributed by atoms with van der Waals surface area (Å²) in [7, 11) is 0. The molecule has 0 saturated heterocycles. The summed E-state index contributed by atoms with van der Waals surface area (Å²) in [6.45, 7) is 0. The highest BCUT2D eigenvalue weighted by molar-refractivity contribution is 6.30. The highest BCUT2D eigenvalue weighted by atomic mass is 35.5. The molecule has 3 rings (SSSR count). The van der Waals surface area contributed by atoms with Crippen LogP contribution >= 0.6 is 11.6 Å². The van der Waals surface area contributed by atoms with Crippen LogP contribution in [-0.4, -0.2) is 9.97 Å². The van der Waals surface area contributed by atoms with Gasteiger partial charge in [-0.15, -0.1) is 0 Å². The minimum absolute atomic E-state index is 0.316. The molecular formula is C11H8ClN3. The summed E-state index contributed by atoms with van der Waals surface area (Å²) in [6, 6.07) is 5.82. The first-order chi connectivity index (χ1) is 7.24. The van der Waals surface area contributed by atoms with Crippen LogP contribution in [0, 0.1) is 0 Å². The summed E-state index contributed by atoms with van der Waals surface area (Å²) in [5, 5.41) is 0.752. The molecule has 2 aromatic rings. The summed E-state index contributed by atoms with van der Waals surface area (Å²) in [5.41, 5.74) is 9.93. The first-order valence-electron chi connectivity index (χ1n) is 4.64. The lowest BCUT2D eigenvalue weighted by atomic mass is 10.1. The van der Waals surface area contributed by atoms with E-state index in [0.29, 0.717) is 5.95 Å². The molecule has 4 heteroatoms. The van der Waals surface area contributed by atoms with Gasteiger partial charge in [-0.1, -0.05) is 17.7 Å². The molecule has 74 valence electrons.